The molecule has 2 rings (SSSR count). The summed E-state index contributed by atoms with van der Waals surface area (Å²) in [4.78, 5) is 0. The van der Waals surface area contributed by atoms with Crippen LogP contribution in [0.25, 0.3) is 0 Å². The van der Waals surface area contributed by atoms with Crippen LogP contribution in [0.5, 0.6) is 5.75 Å². The lowest BCUT2D eigenvalue weighted by atomic mass is 9.93. The fourth-order valence-electron chi connectivity index (χ4n) is 2.33. The van der Waals surface area contributed by atoms with E-state index in [9.17, 15) is 13.2 Å². The third-order valence-corrected chi connectivity index (χ3v) is 6.47. The Balaban J connectivity index is 1.99. The van der Waals surface area contributed by atoms with Gasteiger partial charge < -0.3 is 4.74 Å². The van der Waals surface area contributed by atoms with Crippen LogP contribution in [-0.2, 0) is 0 Å². The van der Waals surface area contributed by atoms with Gasteiger partial charge in [0.2, 0.25) is 0 Å². The Morgan fingerprint density at radius 1 is 1.11 bits per heavy atom. The van der Waals surface area contributed by atoms with Crippen LogP contribution >= 0.6 is 11.1 Å². The van der Waals surface area contributed by atoms with Gasteiger partial charge >= 0.3 is 6.36 Å². The van der Waals surface area contributed by atoms with Gasteiger partial charge in [-0.05, 0) is 48.5 Å². The molecule has 1 aromatic carbocycles. The summed E-state index contributed by atoms with van der Waals surface area (Å²) in [5.74, 6) is 0.277. The summed E-state index contributed by atoms with van der Waals surface area (Å²) >= 11 is 6.16. The first-order valence-electron chi connectivity index (χ1n) is 5.94. The highest BCUT2D eigenvalue weighted by Crippen LogP contribution is 2.35. The first-order valence-corrected chi connectivity index (χ1v) is 9.32. The summed E-state index contributed by atoms with van der Waals surface area (Å²) < 4.78 is 39.9. The molecule has 0 unspecified atom stereocenters. The van der Waals surface area contributed by atoms with E-state index in [1.807, 2.05) is 0 Å². The van der Waals surface area contributed by atoms with Crippen molar-refractivity contribution in [1.82, 2.24) is 0 Å². The molecule has 1 nitrogen and oxygen atoms in total. The molecule has 1 heterocycles. The van der Waals surface area contributed by atoms with Crippen LogP contribution in [0.2, 0.25) is 12.1 Å². The molecule has 1 aromatic rings. The minimum absolute atomic E-state index is 0.161. The summed E-state index contributed by atoms with van der Waals surface area (Å²) in [6, 6.07) is 8.42. The van der Waals surface area contributed by atoms with Crippen LogP contribution in [0, 0.1) is 0 Å². The van der Waals surface area contributed by atoms with Crippen molar-refractivity contribution in [3.05, 3.63) is 29.8 Å². The minimum atomic E-state index is -4.62. The van der Waals surface area contributed by atoms with E-state index < -0.39 is 14.5 Å². The van der Waals surface area contributed by atoms with Gasteiger partial charge in [-0.15, -0.1) is 13.2 Å². The second-order valence-electron chi connectivity index (χ2n) is 4.57. The van der Waals surface area contributed by atoms with Crippen LogP contribution in [0.4, 0.5) is 13.2 Å². The number of benzene rings is 1. The number of ether oxygens (including phenoxy) is 1. The normalized spacial score (nSPS) is 24.9. The first kappa shape index (κ1) is 13.7. The fraction of sp³-hybridized carbons (Fsp3) is 0.500. The second kappa shape index (κ2) is 5.53. The summed E-state index contributed by atoms with van der Waals surface area (Å²) in [7, 11) is -0.997. The van der Waals surface area contributed by atoms with E-state index in [0.717, 1.165) is 30.5 Å². The lowest BCUT2D eigenvalue weighted by Crippen LogP contribution is -2.17. The van der Waals surface area contributed by atoms with E-state index in [0.29, 0.717) is 5.92 Å². The fourth-order valence-corrected chi connectivity index (χ4v) is 4.90. The highest BCUT2D eigenvalue weighted by atomic mass is 35.6. The van der Waals surface area contributed by atoms with Crippen molar-refractivity contribution in [2.45, 2.75) is 37.2 Å². The zero-order valence-corrected chi connectivity index (χ0v) is 11.6. The van der Waals surface area contributed by atoms with E-state index >= 15 is 0 Å². The third-order valence-electron chi connectivity index (χ3n) is 3.24. The molecule has 1 aliphatic rings. The summed E-state index contributed by atoms with van der Waals surface area (Å²) in [6.45, 7) is 0. The van der Waals surface area contributed by atoms with Gasteiger partial charge in [-0.25, -0.2) is 0 Å². The van der Waals surface area contributed by atoms with Crippen molar-refractivity contribution in [2.24, 2.45) is 0 Å². The monoisotopic (exact) mass is 294 g/mol. The molecule has 1 aliphatic heterocycles. The molecule has 0 aromatic heterocycles. The Kier molecular flexibility index (Phi) is 4.22. The molecule has 0 amide bonds. The van der Waals surface area contributed by atoms with Gasteiger partial charge in [-0.2, -0.15) is 11.1 Å². The van der Waals surface area contributed by atoms with Gasteiger partial charge in [0.25, 0.3) is 0 Å². The Morgan fingerprint density at radius 2 is 1.67 bits per heavy atom. The first-order chi connectivity index (χ1) is 8.44. The molecule has 100 valence electrons. The van der Waals surface area contributed by atoms with Gasteiger partial charge in [-0.3, -0.25) is 0 Å². The van der Waals surface area contributed by atoms with Gasteiger partial charge in [0.05, 0.1) is 0 Å². The maximum Gasteiger partial charge on any atom is 0.573 e. The smallest absolute Gasteiger partial charge is 0.406 e. The number of rotatable bonds is 2. The highest BCUT2D eigenvalue weighted by molar-refractivity contribution is 7.07. The third kappa shape index (κ3) is 3.92. The van der Waals surface area contributed by atoms with Crippen molar-refractivity contribution in [1.29, 1.82) is 0 Å². The number of hydrogen-bond donors (Lipinski definition) is 0. The maximum atomic E-state index is 12.0. The van der Waals surface area contributed by atoms with Gasteiger partial charge in [0.1, 0.15) is 13.9 Å². The SMILES string of the molecule is FC(F)(F)Oc1ccc(C2CC[SiH](Cl)CC2)cc1. The Morgan fingerprint density at radius 3 is 2.17 bits per heavy atom. The molecule has 0 bridgehead atoms. The molecule has 1 saturated heterocycles. The van der Waals surface area contributed by atoms with Crippen molar-refractivity contribution >= 4 is 19.2 Å². The summed E-state index contributed by atoms with van der Waals surface area (Å²) in [5.41, 5.74) is 1.09. The Labute approximate surface area is 110 Å². The van der Waals surface area contributed by atoms with Crippen molar-refractivity contribution < 1.29 is 17.9 Å². The topological polar surface area (TPSA) is 9.23 Å². The molecule has 0 radical (unpaired) electrons. The second-order valence-corrected chi connectivity index (χ2v) is 8.77. The van der Waals surface area contributed by atoms with E-state index in [4.69, 9.17) is 11.1 Å². The van der Waals surface area contributed by atoms with Crippen LogP contribution in [-0.4, -0.2) is 14.5 Å². The quantitative estimate of drug-likeness (QED) is 0.579. The number of alkyl halides is 3. The lowest BCUT2D eigenvalue weighted by molar-refractivity contribution is -0.274. The van der Waals surface area contributed by atoms with Crippen molar-refractivity contribution in [3.63, 3.8) is 0 Å². The van der Waals surface area contributed by atoms with E-state index in [1.165, 1.54) is 12.1 Å². The highest BCUT2D eigenvalue weighted by Gasteiger charge is 2.31. The maximum absolute atomic E-state index is 12.0. The lowest BCUT2D eigenvalue weighted by Gasteiger charge is -2.24. The van der Waals surface area contributed by atoms with Crippen LogP contribution in [0.3, 0.4) is 0 Å². The van der Waals surface area contributed by atoms with Crippen LogP contribution in [0.1, 0.15) is 24.3 Å². The molecule has 0 N–H and O–H groups in total. The van der Waals surface area contributed by atoms with Gasteiger partial charge in [-0.1, -0.05) is 12.1 Å². The summed E-state index contributed by atoms with van der Waals surface area (Å²) in [6.07, 6.45) is -2.51. The predicted octanol–water partition coefficient (Wildman–Crippen LogP) is 4.43. The molecular formula is C12H14ClF3OSi. The molecule has 0 spiro atoms. The van der Waals surface area contributed by atoms with Crippen molar-refractivity contribution in [3.8, 4) is 5.75 Å². The molecular weight excluding hydrogens is 281 g/mol. The molecule has 0 saturated carbocycles. The summed E-state index contributed by atoms with van der Waals surface area (Å²) in [5, 5.41) is 0. The Hall–Kier alpha value is -0.683. The van der Waals surface area contributed by atoms with Crippen LogP contribution < -0.4 is 4.74 Å². The standard InChI is InChI=1S/C12H14ClF3OSi/c13-18-7-5-10(6-8-18)9-1-3-11(4-2-9)17-12(14,15)16/h1-4,10,18H,5-8H2. The molecule has 6 heteroatoms. The molecule has 0 aliphatic carbocycles. The largest absolute Gasteiger partial charge is 0.573 e. The average Bonchev–Trinajstić information content (AvgIpc) is 2.29. The van der Waals surface area contributed by atoms with Crippen molar-refractivity contribution in [2.75, 3.05) is 0 Å². The van der Waals surface area contributed by atoms with Gasteiger partial charge in [0.15, 0.2) is 0 Å². The molecule has 0 atom stereocenters. The van der Waals surface area contributed by atoms with E-state index in [1.54, 1.807) is 12.1 Å². The van der Waals surface area contributed by atoms with Gasteiger partial charge in [0, 0.05) is 0 Å². The van der Waals surface area contributed by atoms with E-state index in [2.05, 4.69) is 4.74 Å². The van der Waals surface area contributed by atoms with Crippen LogP contribution in [0.15, 0.2) is 24.3 Å². The molecule has 1 fully saturated rings. The number of halogens is 4. The predicted molar refractivity (Wildman–Crippen MR) is 67.7 cm³/mol. The number of hydrogen-bond acceptors (Lipinski definition) is 1. The molecule has 18 heavy (non-hydrogen) atoms. The van der Waals surface area contributed by atoms with E-state index in [-0.39, 0.29) is 5.75 Å². The zero-order valence-electron chi connectivity index (χ0n) is 9.71. The zero-order chi connectivity index (χ0) is 13.2. The minimum Gasteiger partial charge on any atom is -0.406 e. The Bertz CT molecular complexity index is 385. The average molecular weight is 295 g/mol.